The van der Waals surface area contributed by atoms with E-state index in [9.17, 15) is 9.59 Å². The third-order valence-corrected chi connectivity index (χ3v) is 3.70. The van der Waals surface area contributed by atoms with E-state index in [4.69, 9.17) is 25.8 Å². The lowest BCUT2D eigenvalue weighted by molar-refractivity contribution is -0.123. The van der Waals surface area contributed by atoms with Crippen LogP contribution in [-0.2, 0) is 9.53 Å². The molecule has 1 amide bonds. The highest BCUT2D eigenvalue weighted by Gasteiger charge is 2.20. The zero-order chi connectivity index (χ0) is 18.4. The molecule has 0 bridgehead atoms. The van der Waals surface area contributed by atoms with Crippen molar-refractivity contribution >= 4 is 29.2 Å². The highest BCUT2D eigenvalue weighted by molar-refractivity contribution is 6.33. The average Bonchev–Trinajstić information content (AvgIpc) is 2.62. The first-order chi connectivity index (χ1) is 11.9. The molecule has 0 aliphatic rings. The van der Waals surface area contributed by atoms with Gasteiger partial charge in [0.25, 0.3) is 5.91 Å². The number of halogens is 1. The van der Waals surface area contributed by atoms with Crippen molar-refractivity contribution in [2.75, 3.05) is 19.5 Å². The highest BCUT2D eigenvalue weighted by atomic mass is 35.5. The normalized spacial score (nSPS) is 11.4. The SMILES string of the molecule is COc1cc(OC)cc(C(=O)OC(C)C(=O)Nc2ccccc2Cl)c1. The molecule has 2 aromatic carbocycles. The van der Waals surface area contributed by atoms with E-state index in [-0.39, 0.29) is 5.56 Å². The number of hydrogen-bond acceptors (Lipinski definition) is 5. The largest absolute Gasteiger partial charge is 0.497 e. The van der Waals surface area contributed by atoms with Crippen LogP contribution in [0.2, 0.25) is 5.02 Å². The van der Waals surface area contributed by atoms with Gasteiger partial charge in [-0.3, -0.25) is 4.79 Å². The Bertz CT molecular complexity index is 756. The third kappa shape index (κ3) is 4.87. The maximum Gasteiger partial charge on any atom is 0.339 e. The molecule has 1 atom stereocenters. The molecule has 2 aromatic rings. The molecule has 0 radical (unpaired) electrons. The van der Waals surface area contributed by atoms with Crippen LogP contribution in [0.15, 0.2) is 42.5 Å². The Morgan fingerprint density at radius 3 is 2.20 bits per heavy atom. The molecule has 6 nitrogen and oxygen atoms in total. The van der Waals surface area contributed by atoms with Gasteiger partial charge in [0.1, 0.15) is 11.5 Å². The van der Waals surface area contributed by atoms with Gasteiger partial charge >= 0.3 is 5.97 Å². The van der Waals surface area contributed by atoms with E-state index in [1.807, 2.05) is 0 Å². The molecule has 0 saturated heterocycles. The topological polar surface area (TPSA) is 73.9 Å². The van der Waals surface area contributed by atoms with Crippen molar-refractivity contribution in [2.24, 2.45) is 0 Å². The Labute approximate surface area is 150 Å². The van der Waals surface area contributed by atoms with Gasteiger partial charge in [-0.15, -0.1) is 0 Å². The van der Waals surface area contributed by atoms with Crippen LogP contribution in [0.5, 0.6) is 11.5 Å². The van der Waals surface area contributed by atoms with Gasteiger partial charge < -0.3 is 19.5 Å². The monoisotopic (exact) mass is 363 g/mol. The minimum atomic E-state index is -1.01. The zero-order valence-electron chi connectivity index (χ0n) is 14.0. The van der Waals surface area contributed by atoms with Crippen LogP contribution in [-0.4, -0.2) is 32.2 Å². The Kier molecular flexibility index (Phi) is 6.25. The molecule has 0 fully saturated rings. The fraction of sp³-hybridized carbons (Fsp3) is 0.222. The summed E-state index contributed by atoms with van der Waals surface area (Å²) in [4.78, 5) is 24.5. The third-order valence-electron chi connectivity index (χ3n) is 3.37. The molecule has 132 valence electrons. The van der Waals surface area contributed by atoms with Crippen molar-refractivity contribution in [3.8, 4) is 11.5 Å². The number of rotatable bonds is 6. The van der Waals surface area contributed by atoms with Crippen LogP contribution >= 0.6 is 11.6 Å². The minimum absolute atomic E-state index is 0.216. The van der Waals surface area contributed by atoms with Gasteiger partial charge in [0.05, 0.1) is 30.5 Å². The average molecular weight is 364 g/mol. The summed E-state index contributed by atoms with van der Waals surface area (Å²) < 4.78 is 15.4. The number of nitrogens with one attached hydrogen (secondary N) is 1. The van der Waals surface area contributed by atoms with Crippen LogP contribution in [0.4, 0.5) is 5.69 Å². The zero-order valence-corrected chi connectivity index (χ0v) is 14.8. The van der Waals surface area contributed by atoms with E-state index >= 15 is 0 Å². The van der Waals surface area contributed by atoms with Gasteiger partial charge in [-0.2, -0.15) is 0 Å². The fourth-order valence-electron chi connectivity index (χ4n) is 2.00. The van der Waals surface area contributed by atoms with Gasteiger partial charge in [0.15, 0.2) is 6.10 Å². The number of esters is 1. The molecule has 0 aliphatic carbocycles. The van der Waals surface area contributed by atoms with Gasteiger partial charge in [-0.05, 0) is 31.2 Å². The van der Waals surface area contributed by atoms with Crippen LogP contribution in [0, 0.1) is 0 Å². The van der Waals surface area contributed by atoms with Gasteiger partial charge in [-0.25, -0.2) is 4.79 Å². The first kappa shape index (κ1) is 18.6. The summed E-state index contributed by atoms with van der Waals surface area (Å²) in [6.07, 6.45) is -1.01. The maximum absolute atomic E-state index is 12.3. The lowest BCUT2D eigenvalue weighted by Crippen LogP contribution is -2.30. The van der Waals surface area contributed by atoms with Crippen LogP contribution in [0.1, 0.15) is 17.3 Å². The van der Waals surface area contributed by atoms with Crippen molar-refractivity contribution in [3.05, 3.63) is 53.1 Å². The Morgan fingerprint density at radius 2 is 1.64 bits per heavy atom. The summed E-state index contributed by atoms with van der Waals surface area (Å²) in [6.45, 7) is 1.47. The summed E-state index contributed by atoms with van der Waals surface area (Å²) in [6, 6.07) is 11.4. The van der Waals surface area contributed by atoms with Gasteiger partial charge in [-0.1, -0.05) is 23.7 Å². The maximum atomic E-state index is 12.3. The van der Waals surface area contributed by atoms with Crippen molar-refractivity contribution in [2.45, 2.75) is 13.0 Å². The molecular weight excluding hydrogens is 346 g/mol. The number of carbonyl (C=O) groups excluding carboxylic acids is 2. The lowest BCUT2D eigenvalue weighted by atomic mass is 10.2. The Hall–Kier alpha value is -2.73. The van der Waals surface area contributed by atoms with Crippen LogP contribution < -0.4 is 14.8 Å². The van der Waals surface area contributed by atoms with E-state index < -0.39 is 18.0 Å². The summed E-state index contributed by atoms with van der Waals surface area (Å²) in [7, 11) is 2.95. The number of carbonyl (C=O) groups is 2. The minimum Gasteiger partial charge on any atom is -0.497 e. The lowest BCUT2D eigenvalue weighted by Gasteiger charge is -2.15. The number of methoxy groups -OCH3 is 2. The molecule has 1 N–H and O–H groups in total. The molecule has 0 saturated carbocycles. The Balaban J connectivity index is 2.07. The van der Waals surface area contributed by atoms with Crippen LogP contribution in [0.25, 0.3) is 0 Å². The summed E-state index contributed by atoms with van der Waals surface area (Å²) >= 11 is 5.99. The number of benzene rings is 2. The smallest absolute Gasteiger partial charge is 0.339 e. The molecule has 25 heavy (non-hydrogen) atoms. The van der Waals surface area contributed by atoms with E-state index in [2.05, 4.69) is 5.32 Å². The van der Waals surface area contributed by atoms with Crippen molar-refractivity contribution in [1.82, 2.24) is 0 Å². The molecular formula is C18H18ClNO5. The predicted molar refractivity (Wildman–Crippen MR) is 94.5 cm³/mol. The first-order valence-electron chi connectivity index (χ1n) is 7.44. The number of para-hydroxylation sites is 1. The first-order valence-corrected chi connectivity index (χ1v) is 7.82. The number of amides is 1. The van der Waals surface area contributed by atoms with E-state index in [0.29, 0.717) is 22.2 Å². The second-order valence-electron chi connectivity index (χ2n) is 5.12. The van der Waals surface area contributed by atoms with E-state index in [1.165, 1.54) is 33.3 Å². The summed E-state index contributed by atoms with van der Waals surface area (Å²) in [5, 5.41) is 3.01. The molecule has 1 unspecified atom stereocenters. The second kappa shape index (κ2) is 8.39. The highest BCUT2D eigenvalue weighted by Crippen LogP contribution is 2.24. The molecule has 0 spiro atoms. The van der Waals surface area contributed by atoms with Crippen molar-refractivity contribution in [3.63, 3.8) is 0 Å². The molecule has 7 heteroatoms. The van der Waals surface area contributed by atoms with Gasteiger partial charge in [0.2, 0.25) is 0 Å². The summed E-state index contributed by atoms with van der Waals surface area (Å²) in [5.74, 6) is -0.269. The Morgan fingerprint density at radius 1 is 1.04 bits per heavy atom. The number of anilines is 1. The standard InChI is InChI=1S/C18H18ClNO5/c1-11(17(21)20-16-7-5-4-6-15(16)19)25-18(22)12-8-13(23-2)10-14(9-12)24-3/h4-11H,1-3H3,(H,20,21). The molecule has 0 aromatic heterocycles. The fourth-order valence-corrected chi connectivity index (χ4v) is 2.19. The van der Waals surface area contributed by atoms with E-state index in [1.54, 1.807) is 30.3 Å². The quantitative estimate of drug-likeness (QED) is 0.794. The molecule has 0 aliphatic heterocycles. The molecule has 2 rings (SSSR count). The predicted octanol–water partition coefficient (Wildman–Crippen LogP) is 3.54. The van der Waals surface area contributed by atoms with Crippen molar-refractivity contribution in [1.29, 1.82) is 0 Å². The second-order valence-corrected chi connectivity index (χ2v) is 5.53. The molecule has 0 heterocycles. The number of hydrogen-bond donors (Lipinski definition) is 1. The van der Waals surface area contributed by atoms with Gasteiger partial charge in [0, 0.05) is 6.07 Å². The van der Waals surface area contributed by atoms with Crippen molar-refractivity contribution < 1.29 is 23.8 Å². The number of ether oxygens (including phenoxy) is 3. The van der Waals surface area contributed by atoms with Crippen LogP contribution in [0.3, 0.4) is 0 Å². The van der Waals surface area contributed by atoms with E-state index in [0.717, 1.165) is 0 Å². The summed E-state index contributed by atoms with van der Waals surface area (Å²) in [5.41, 5.74) is 0.661.